The van der Waals surface area contributed by atoms with Crippen molar-refractivity contribution in [2.75, 3.05) is 24.1 Å². The van der Waals surface area contributed by atoms with E-state index in [0.717, 1.165) is 17.7 Å². The molecule has 6 nitrogen and oxygen atoms in total. The summed E-state index contributed by atoms with van der Waals surface area (Å²) in [4.78, 5) is 15.8. The minimum Gasteiger partial charge on any atom is -0.491 e. The van der Waals surface area contributed by atoms with E-state index in [-0.39, 0.29) is 16.9 Å². The average Bonchev–Trinajstić information content (AvgIpc) is 2.72. The zero-order valence-electron chi connectivity index (χ0n) is 18.4. The number of carbonyl (C=O) groups excluding carboxylic acids is 1. The second-order valence-corrected chi connectivity index (χ2v) is 10.7. The lowest BCUT2D eigenvalue weighted by Gasteiger charge is -2.30. The number of likely N-dealkylation sites (tertiary alicyclic amines) is 1. The molecule has 31 heavy (non-hydrogen) atoms. The van der Waals surface area contributed by atoms with E-state index in [4.69, 9.17) is 4.74 Å². The summed E-state index contributed by atoms with van der Waals surface area (Å²) in [6.45, 7) is 7.41. The summed E-state index contributed by atoms with van der Waals surface area (Å²) in [6.07, 6.45) is 3.80. The highest BCUT2D eigenvalue weighted by molar-refractivity contribution is 7.98. The van der Waals surface area contributed by atoms with Gasteiger partial charge in [0.05, 0.1) is 22.3 Å². The van der Waals surface area contributed by atoms with Gasteiger partial charge in [-0.05, 0) is 69.2 Å². The maximum absolute atomic E-state index is 13.2. The summed E-state index contributed by atoms with van der Waals surface area (Å²) in [5.41, 5.74) is 0.840. The molecule has 0 bridgehead atoms. The van der Waals surface area contributed by atoms with Crippen LogP contribution in [0.25, 0.3) is 0 Å². The summed E-state index contributed by atoms with van der Waals surface area (Å²) in [6, 6.07) is 11.6. The van der Waals surface area contributed by atoms with Crippen molar-refractivity contribution in [3.63, 3.8) is 0 Å². The van der Waals surface area contributed by atoms with Crippen LogP contribution in [-0.2, 0) is 10.0 Å². The number of thioether (sulfide) groups is 1. The van der Waals surface area contributed by atoms with Crippen molar-refractivity contribution in [2.24, 2.45) is 5.92 Å². The molecule has 2 aromatic rings. The van der Waals surface area contributed by atoms with Crippen LogP contribution in [0.4, 0.5) is 5.69 Å². The molecule has 0 aromatic heterocycles. The van der Waals surface area contributed by atoms with Crippen LogP contribution in [-0.4, -0.2) is 44.7 Å². The number of nitrogens with one attached hydrogen (secondary N) is 1. The maximum Gasteiger partial charge on any atom is 0.261 e. The summed E-state index contributed by atoms with van der Waals surface area (Å²) in [5, 5.41) is 0. The minimum absolute atomic E-state index is 0.0164. The second-order valence-electron chi connectivity index (χ2n) is 8.14. The van der Waals surface area contributed by atoms with E-state index in [1.807, 2.05) is 25.0 Å². The molecule has 168 valence electrons. The van der Waals surface area contributed by atoms with Gasteiger partial charge < -0.3 is 9.64 Å². The Bertz CT molecular complexity index is 1030. The summed E-state index contributed by atoms with van der Waals surface area (Å²) >= 11 is 1.44. The van der Waals surface area contributed by atoms with Gasteiger partial charge in [0.25, 0.3) is 15.9 Å². The van der Waals surface area contributed by atoms with Gasteiger partial charge in [0.2, 0.25) is 0 Å². The van der Waals surface area contributed by atoms with E-state index in [9.17, 15) is 13.2 Å². The number of piperidine rings is 1. The Kier molecular flexibility index (Phi) is 7.54. The maximum atomic E-state index is 13.2. The van der Waals surface area contributed by atoms with Crippen LogP contribution < -0.4 is 9.46 Å². The lowest BCUT2D eigenvalue weighted by molar-refractivity contribution is 0.0693. The number of sulfonamides is 1. The third kappa shape index (κ3) is 5.95. The molecule has 1 heterocycles. The number of amides is 1. The van der Waals surface area contributed by atoms with Crippen molar-refractivity contribution >= 4 is 33.4 Å². The number of rotatable bonds is 7. The molecule has 1 aliphatic heterocycles. The van der Waals surface area contributed by atoms with E-state index < -0.39 is 10.0 Å². The van der Waals surface area contributed by atoms with Gasteiger partial charge in [-0.25, -0.2) is 8.42 Å². The van der Waals surface area contributed by atoms with Crippen LogP contribution in [0.5, 0.6) is 5.75 Å². The van der Waals surface area contributed by atoms with Crippen LogP contribution in [0.15, 0.2) is 52.3 Å². The Labute approximate surface area is 189 Å². The Hall–Kier alpha value is -2.19. The summed E-state index contributed by atoms with van der Waals surface area (Å²) < 4.78 is 34.3. The van der Waals surface area contributed by atoms with Gasteiger partial charge in [-0.3, -0.25) is 9.52 Å². The van der Waals surface area contributed by atoms with Crippen molar-refractivity contribution in [3.05, 3.63) is 48.0 Å². The van der Waals surface area contributed by atoms with Crippen LogP contribution in [0.3, 0.4) is 0 Å². The van der Waals surface area contributed by atoms with Gasteiger partial charge in [0.15, 0.2) is 0 Å². The summed E-state index contributed by atoms with van der Waals surface area (Å²) in [7, 11) is -3.86. The van der Waals surface area contributed by atoms with Crippen molar-refractivity contribution in [1.82, 2.24) is 4.90 Å². The van der Waals surface area contributed by atoms with Crippen LogP contribution in [0, 0.1) is 5.92 Å². The Morgan fingerprint density at radius 3 is 2.52 bits per heavy atom. The number of benzene rings is 2. The highest BCUT2D eigenvalue weighted by Crippen LogP contribution is 2.28. The molecular formula is C23H30N2O4S2. The Morgan fingerprint density at radius 1 is 1.16 bits per heavy atom. The molecule has 3 rings (SSSR count). The lowest BCUT2D eigenvalue weighted by Crippen LogP contribution is -2.38. The molecule has 1 N–H and O–H groups in total. The quantitative estimate of drug-likeness (QED) is 0.594. The molecule has 8 heteroatoms. The standard InChI is InChI=1S/C23H30N2O4S2/c1-16(2)29-19-7-5-6-18(14-19)24-31(27,28)20-8-9-22(30-4)21(15-20)23(26)25-12-10-17(3)11-13-25/h5-9,14-17,24H,10-13H2,1-4H3. The Morgan fingerprint density at radius 2 is 1.87 bits per heavy atom. The van der Waals surface area contributed by atoms with Crippen molar-refractivity contribution in [3.8, 4) is 5.75 Å². The molecule has 0 unspecified atom stereocenters. The third-order valence-corrected chi connectivity index (χ3v) is 7.42. The predicted octanol–water partition coefficient (Wildman–Crippen LogP) is 4.87. The van der Waals surface area contributed by atoms with Crippen LogP contribution in [0.2, 0.25) is 0 Å². The number of carbonyl (C=O) groups is 1. The fraction of sp³-hybridized carbons (Fsp3) is 0.435. The summed E-state index contributed by atoms with van der Waals surface area (Å²) in [5.74, 6) is 1.08. The van der Waals surface area contributed by atoms with Gasteiger partial charge in [-0.15, -0.1) is 11.8 Å². The first kappa shape index (κ1) is 23.5. The first-order valence-electron chi connectivity index (χ1n) is 10.5. The normalized spacial score (nSPS) is 15.2. The van der Waals surface area contributed by atoms with E-state index in [1.54, 1.807) is 30.3 Å². The van der Waals surface area contributed by atoms with E-state index >= 15 is 0 Å². The van der Waals surface area contributed by atoms with Crippen molar-refractivity contribution in [1.29, 1.82) is 0 Å². The van der Waals surface area contributed by atoms with Crippen molar-refractivity contribution in [2.45, 2.75) is 49.5 Å². The number of hydrogen-bond donors (Lipinski definition) is 1. The van der Waals surface area contributed by atoms with E-state index in [2.05, 4.69) is 11.6 Å². The largest absolute Gasteiger partial charge is 0.491 e. The highest BCUT2D eigenvalue weighted by atomic mass is 32.2. The molecule has 2 aromatic carbocycles. The highest BCUT2D eigenvalue weighted by Gasteiger charge is 2.25. The first-order valence-corrected chi connectivity index (χ1v) is 13.2. The SMILES string of the molecule is CSc1ccc(S(=O)(=O)Nc2cccc(OC(C)C)c2)cc1C(=O)N1CCC(C)CC1. The zero-order valence-corrected chi connectivity index (χ0v) is 20.1. The number of hydrogen-bond acceptors (Lipinski definition) is 5. The second kappa shape index (κ2) is 9.96. The zero-order chi connectivity index (χ0) is 22.6. The van der Waals surface area contributed by atoms with E-state index in [0.29, 0.717) is 36.0 Å². The molecule has 1 saturated heterocycles. The molecule has 0 aliphatic carbocycles. The molecule has 1 fully saturated rings. The van der Waals surface area contributed by atoms with Gasteiger partial charge in [0.1, 0.15) is 5.75 Å². The van der Waals surface area contributed by atoms with Crippen LogP contribution >= 0.6 is 11.8 Å². The average molecular weight is 463 g/mol. The van der Waals surface area contributed by atoms with E-state index in [1.165, 1.54) is 23.9 Å². The molecule has 0 saturated carbocycles. The van der Waals surface area contributed by atoms with Crippen molar-refractivity contribution < 1.29 is 17.9 Å². The molecule has 0 spiro atoms. The number of nitrogens with zero attached hydrogens (tertiary/aromatic N) is 1. The lowest BCUT2D eigenvalue weighted by atomic mass is 9.98. The van der Waals surface area contributed by atoms with Gasteiger partial charge in [0, 0.05) is 24.1 Å². The number of anilines is 1. The first-order chi connectivity index (χ1) is 14.7. The smallest absolute Gasteiger partial charge is 0.261 e. The third-order valence-electron chi connectivity index (χ3n) is 5.24. The number of ether oxygens (including phenoxy) is 1. The minimum atomic E-state index is -3.86. The topological polar surface area (TPSA) is 75.7 Å². The fourth-order valence-corrected chi connectivity index (χ4v) is 5.17. The van der Waals surface area contributed by atoms with Gasteiger partial charge in [-0.1, -0.05) is 13.0 Å². The van der Waals surface area contributed by atoms with Crippen LogP contribution in [0.1, 0.15) is 44.0 Å². The Balaban J connectivity index is 1.86. The fourth-order valence-electron chi connectivity index (χ4n) is 3.52. The molecule has 0 atom stereocenters. The monoisotopic (exact) mass is 462 g/mol. The molecule has 1 amide bonds. The molecule has 1 aliphatic rings. The molecule has 0 radical (unpaired) electrons. The van der Waals surface area contributed by atoms with Gasteiger partial charge >= 0.3 is 0 Å². The van der Waals surface area contributed by atoms with Gasteiger partial charge in [-0.2, -0.15) is 0 Å². The predicted molar refractivity (Wildman–Crippen MR) is 126 cm³/mol. The molecular weight excluding hydrogens is 432 g/mol.